The Kier molecular flexibility index (Phi) is 6.62. The van der Waals surface area contributed by atoms with Crippen LogP contribution in [0.25, 0.3) is 0 Å². The third-order valence-corrected chi connectivity index (χ3v) is 4.94. The molecular formula is C17H24FN2O6P. The van der Waals surface area contributed by atoms with Gasteiger partial charge in [-0.25, -0.2) is 14.0 Å². The third-order valence-electron chi connectivity index (χ3n) is 4.23. The summed E-state index contributed by atoms with van der Waals surface area (Å²) in [7, 11) is -3.31. The number of ether oxygens (including phenoxy) is 1. The van der Waals surface area contributed by atoms with Gasteiger partial charge < -0.3 is 24.3 Å². The summed E-state index contributed by atoms with van der Waals surface area (Å²) in [4.78, 5) is 46.2. The molecule has 2 rings (SSSR count). The lowest BCUT2D eigenvalue weighted by atomic mass is 9.94. The monoisotopic (exact) mass is 402 g/mol. The van der Waals surface area contributed by atoms with Gasteiger partial charge >= 0.3 is 19.6 Å². The summed E-state index contributed by atoms with van der Waals surface area (Å²) >= 11 is 0. The minimum absolute atomic E-state index is 0.0178. The minimum atomic E-state index is -4.49. The normalized spacial score (nSPS) is 16.9. The maximum absolute atomic E-state index is 13.5. The fourth-order valence-electron chi connectivity index (χ4n) is 3.14. The van der Waals surface area contributed by atoms with Gasteiger partial charge in [-0.1, -0.05) is 19.9 Å². The van der Waals surface area contributed by atoms with E-state index in [0.29, 0.717) is 11.1 Å². The second-order valence-corrected chi connectivity index (χ2v) is 8.60. The number of hydrogen-bond acceptors (Lipinski definition) is 4. The third kappa shape index (κ3) is 5.51. The number of carbonyl (C=O) groups is 2. The van der Waals surface area contributed by atoms with Gasteiger partial charge in [0.05, 0.1) is 7.11 Å². The molecule has 1 atom stereocenters. The molecule has 0 spiro atoms. The van der Waals surface area contributed by atoms with E-state index in [2.05, 4.69) is 0 Å². The number of esters is 1. The molecule has 2 amide bonds. The molecule has 1 aliphatic heterocycles. The maximum atomic E-state index is 13.5. The second-order valence-electron chi connectivity index (χ2n) is 6.99. The number of fused-ring (bicyclic) bond motifs is 1. The molecular weight excluding hydrogens is 378 g/mol. The van der Waals surface area contributed by atoms with E-state index in [-0.39, 0.29) is 25.4 Å². The zero-order chi connectivity index (χ0) is 20.4. The van der Waals surface area contributed by atoms with E-state index in [4.69, 9.17) is 4.74 Å². The van der Waals surface area contributed by atoms with Crippen LogP contribution in [0.5, 0.6) is 0 Å². The van der Waals surface area contributed by atoms with E-state index in [0.717, 1.165) is 4.90 Å². The summed E-state index contributed by atoms with van der Waals surface area (Å²) in [6.45, 7) is 3.76. The summed E-state index contributed by atoms with van der Waals surface area (Å²) in [5, 5.41) is 0. The van der Waals surface area contributed by atoms with Crippen LogP contribution in [0.4, 0.5) is 9.18 Å². The van der Waals surface area contributed by atoms with Crippen molar-refractivity contribution in [2.45, 2.75) is 32.9 Å². The van der Waals surface area contributed by atoms with E-state index in [1.165, 1.54) is 30.2 Å². The molecule has 0 bridgehead atoms. The van der Waals surface area contributed by atoms with Gasteiger partial charge in [0.15, 0.2) is 0 Å². The van der Waals surface area contributed by atoms with Gasteiger partial charge in [-0.15, -0.1) is 0 Å². The summed E-state index contributed by atoms with van der Waals surface area (Å²) in [5.74, 6) is -1.15. The SMILES string of the molecule is COC(=O)C1Cc2cc(F)ccc2CN1C(=O)N(CC(C)C)CP(=O)(O)O. The molecule has 0 radical (unpaired) electrons. The smallest absolute Gasteiger partial charge is 0.344 e. The first-order valence-corrected chi connectivity index (χ1v) is 10.3. The summed E-state index contributed by atoms with van der Waals surface area (Å²) in [6.07, 6.45) is -0.679. The van der Waals surface area contributed by atoms with E-state index in [9.17, 15) is 28.3 Å². The van der Waals surface area contributed by atoms with E-state index >= 15 is 0 Å². The van der Waals surface area contributed by atoms with Crippen LogP contribution in [0.15, 0.2) is 18.2 Å². The quantitative estimate of drug-likeness (QED) is 0.576. The molecule has 2 N–H and O–H groups in total. The lowest BCUT2D eigenvalue weighted by molar-refractivity contribution is -0.146. The van der Waals surface area contributed by atoms with Crippen molar-refractivity contribution in [1.82, 2.24) is 9.80 Å². The van der Waals surface area contributed by atoms with Crippen LogP contribution in [0.3, 0.4) is 0 Å². The van der Waals surface area contributed by atoms with E-state index in [1.807, 2.05) is 13.8 Å². The first-order valence-electron chi connectivity index (χ1n) is 8.47. The number of benzene rings is 1. The number of amides is 2. The highest BCUT2D eigenvalue weighted by Gasteiger charge is 2.38. The Balaban J connectivity index is 2.37. The molecule has 150 valence electrons. The van der Waals surface area contributed by atoms with Gasteiger partial charge in [0.2, 0.25) is 0 Å². The first-order chi connectivity index (χ1) is 12.5. The standard InChI is InChI=1S/C17H24FN2O6P/c1-11(2)8-19(10-27(23,24)25)17(22)20-9-12-4-5-14(18)6-13(12)7-15(20)16(21)26-3/h4-6,11,15H,7-10H2,1-3H3,(H2,23,24,25). The Hall–Kier alpha value is -1.96. The van der Waals surface area contributed by atoms with Crippen LogP contribution in [0.2, 0.25) is 0 Å². The molecule has 0 saturated heterocycles. The molecule has 1 aromatic carbocycles. The zero-order valence-corrected chi connectivity index (χ0v) is 16.4. The Morgan fingerprint density at radius 3 is 2.59 bits per heavy atom. The van der Waals surface area contributed by atoms with Gasteiger partial charge in [0, 0.05) is 19.5 Å². The molecule has 0 aliphatic carbocycles. The number of halogens is 1. The Morgan fingerprint density at radius 2 is 2.04 bits per heavy atom. The topological polar surface area (TPSA) is 107 Å². The predicted molar refractivity (Wildman–Crippen MR) is 95.3 cm³/mol. The molecule has 0 aromatic heterocycles. The van der Waals surface area contributed by atoms with Crippen LogP contribution < -0.4 is 0 Å². The zero-order valence-electron chi connectivity index (χ0n) is 15.5. The van der Waals surface area contributed by atoms with Gasteiger partial charge in [0.1, 0.15) is 18.1 Å². The molecule has 1 aromatic rings. The lowest BCUT2D eigenvalue weighted by Crippen LogP contribution is -2.54. The molecule has 1 aliphatic rings. The van der Waals surface area contributed by atoms with E-state index in [1.54, 1.807) is 0 Å². The first kappa shape index (κ1) is 21.3. The summed E-state index contributed by atoms with van der Waals surface area (Å²) in [6, 6.07) is 2.45. The van der Waals surface area contributed by atoms with Crippen LogP contribution in [-0.4, -0.2) is 57.6 Å². The molecule has 27 heavy (non-hydrogen) atoms. The number of urea groups is 1. The second kappa shape index (κ2) is 8.37. The largest absolute Gasteiger partial charge is 0.467 e. The van der Waals surface area contributed by atoms with Crippen molar-refractivity contribution in [3.05, 3.63) is 35.1 Å². The number of nitrogens with zero attached hydrogens (tertiary/aromatic N) is 2. The van der Waals surface area contributed by atoms with Crippen LogP contribution in [-0.2, 0) is 27.1 Å². The van der Waals surface area contributed by atoms with Crippen molar-refractivity contribution in [2.75, 3.05) is 19.9 Å². The van der Waals surface area contributed by atoms with Crippen LogP contribution >= 0.6 is 7.60 Å². The van der Waals surface area contributed by atoms with Crippen LogP contribution in [0, 0.1) is 11.7 Å². The average Bonchev–Trinajstić information content (AvgIpc) is 2.57. The molecule has 1 unspecified atom stereocenters. The molecule has 1 heterocycles. The fraction of sp³-hybridized carbons (Fsp3) is 0.529. The van der Waals surface area contributed by atoms with Crippen molar-refractivity contribution in [3.63, 3.8) is 0 Å². The van der Waals surface area contributed by atoms with Gasteiger partial charge in [-0.3, -0.25) is 4.57 Å². The molecule has 0 saturated carbocycles. The van der Waals surface area contributed by atoms with Crippen molar-refractivity contribution in [1.29, 1.82) is 0 Å². The fourth-order valence-corrected chi connectivity index (χ4v) is 3.82. The van der Waals surface area contributed by atoms with Gasteiger partial charge in [-0.2, -0.15) is 0 Å². The number of rotatable bonds is 5. The van der Waals surface area contributed by atoms with Gasteiger partial charge in [-0.05, 0) is 29.2 Å². The van der Waals surface area contributed by atoms with Crippen molar-refractivity contribution in [2.24, 2.45) is 5.92 Å². The predicted octanol–water partition coefficient (Wildman–Crippen LogP) is 1.94. The van der Waals surface area contributed by atoms with Crippen molar-refractivity contribution in [3.8, 4) is 0 Å². The molecule has 0 fully saturated rings. The highest BCUT2D eigenvalue weighted by atomic mass is 31.2. The summed E-state index contributed by atoms with van der Waals surface area (Å²) in [5.41, 5.74) is 1.27. The molecule has 8 nitrogen and oxygen atoms in total. The lowest BCUT2D eigenvalue weighted by Gasteiger charge is -2.38. The number of carbonyl (C=O) groups excluding carboxylic acids is 2. The van der Waals surface area contributed by atoms with Gasteiger partial charge in [0.25, 0.3) is 0 Å². The van der Waals surface area contributed by atoms with Crippen molar-refractivity contribution < 1.29 is 33.1 Å². The van der Waals surface area contributed by atoms with Crippen LogP contribution in [0.1, 0.15) is 25.0 Å². The Bertz CT molecular complexity index is 766. The van der Waals surface area contributed by atoms with Crippen molar-refractivity contribution >= 4 is 19.6 Å². The Morgan fingerprint density at radius 1 is 1.37 bits per heavy atom. The number of hydrogen-bond donors (Lipinski definition) is 2. The minimum Gasteiger partial charge on any atom is -0.467 e. The van der Waals surface area contributed by atoms with E-state index < -0.39 is 37.7 Å². The highest BCUT2D eigenvalue weighted by Crippen LogP contribution is 2.36. The Labute approximate surface area is 157 Å². The summed E-state index contributed by atoms with van der Waals surface area (Å²) < 4.78 is 29.8. The highest BCUT2D eigenvalue weighted by molar-refractivity contribution is 7.51. The average molecular weight is 402 g/mol. The molecule has 10 heteroatoms. The number of methoxy groups -OCH3 is 1. The maximum Gasteiger partial charge on any atom is 0.344 e.